The maximum absolute atomic E-state index is 12.1. The topological polar surface area (TPSA) is 51.2 Å². The Balaban J connectivity index is 1.47. The molecule has 1 heterocycles. The fraction of sp³-hybridized carbons (Fsp3) is 0.200. The predicted molar refractivity (Wildman–Crippen MR) is 105 cm³/mol. The SMILES string of the molecule is Cc1ccc(OCc2nc(CC(=O)NCc3ccccc3Cl)cs2)cc1. The van der Waals surface area contributed by atoms with Gasteiger partial charge in [-0.3, -0.25) is 4.79 Å². The average molecular weight is 387 g/mol. The van der Waals surface area contributed by atoms with E-state index in [1.165, 1.54) is 16.9 Å². The number of nitrogens with zero attached hydrogens (tertiary/aromatic N) is 1. The molecule has 1 amide bonds. The van der Waals surface area contributed by atoms with Crippen molar-refractivity contribution < 1.29 is 9.53 Å². The lowest BCUT2D eigenvalue weighted by Gasteiger charge is -2.06. The van der Waals surface area contributed by atoms with Crippen LogP contribution >= 0.6 is 22.9 Å². The summed E-state index contributed by atoms with van der Waals surface area (Å²) in [4.78, 5) is 16.6. The molecule has 6 heteroatoms. The minimum Gasteiger partial charge on any atom is -0.486 e. The second-order valence-corrected chi connectivity index (χ2v) is 7.23. The zero-order valence-corrected chi connectivity index (χ0v) is 15.9. The highest BCUT2D eigenvalue weighted by atomic mass is 35.5. The van der Waals surface area contributed by atoms with Gasteiger partial charge in [0.15, 0.2) is 0 Å². The molecule has 0 aliphatic rings. The van der Waals surface area contributed by atoms with Crippen LogP contribution in [0.4, 0.5) is 0 Å². The third kappa shape index (κ3) is 5.31. The van der Waals surface area contributed by atoms with E-state index in [-0.39, 0.29) is 12.3 Å². The molecule has 0 spiro atoms. The highest BCUT2D eigenvalue weighted by molar-refractivity contribution is 7.09. The number of thiazole rings is 1. The van der Waals surface area contributed by atoms with Crippen LogP contribution in [-0.2, 0) is 24.4 Å². The minimum absolute atomic E-state index is 0.0822. The van der Waals surface area contributed by atoms with E-state index in [1.807, 2.05) is 60.8 Å². The summed E-state index contributed by atoms with van der Waals surface area (Å²) in [5, 5.41) is 6.26. The Morgan fingerprint density at radius 3 is 2.73 bits per heavy atom. The molecule has 0 atom stereocenters. The molecular formula is C20H19ClN2O2S. The standard InChI is InChI=1S/C20H19ClN2O2S/c1-14-6-8-17(9-7-14)25-12-20-23-16(13-26-20)10-19(24)22-11-15-4-2-3-5-18(15)21/h2-9,13H,10-12H2,1H3,(H,22,24). The van der Waals surface area contributed by atoms with E-state index in [1.54, 1.807) is 0 Å². The molecule has 0 bridgehead atoms. The van der Waals surface area contributed by atoms with Crippen LogP contribution in [0.1, 0.15) is 21.8 Å². The van der Waals surface area contributed by atoms with Gasteiger partial charge in [-0.1, -0.05) is 47.5 Å². The van der Waals surface area contributed by atoms with E-state index in [2.05, 4.69) is 10.3 Å². The number of benzene rings is 2. The molecule has 0 aliphatic carbocycles. The third-order valence-electron chi connectivity index (χ3n) is 3.76. The molecule has 0 saturated carbocycles. The third-order valence-corrected chi connectivity index (χ3v) is 5.00. The average Bonchev–Trinajstić information content (AvgIpc) is 3.08. The molecule has 3 aromatic rings. The predicted octanol–water partition coefficient (Wildman–Crippen LogP) is 4.54. The Kier molecular flexibility index (Phi) is 6.26. The van der Waals surface area contributed by atoms with Gasteiger partial charge in [-0.2, -0.15) is 0 Å². The molecule has 0 unspecified atom stereocenters. The van der Waals surface area contributed by atoms with Gasteiger partial charge in [-0.15, -0.1) is 11.3 Å². The van der Waals surface area contributed by atoms with Crippen molar-refractivity contribution in [3.05, 3.63) is 80.8 Å². The zero-order chi connectivity index (χ0) is 18.4. The number of aryl methyl sites for hydroxylation is 1. The van der Waals surface area contributed by atoms with Gasteiger partial charge in [0.05, 0.1) is 12.1 Å². The quantitative estimate of drug-likeness (QED) is 0.648. The number of ether oxygens (including phenoxy) is 1. The molecule has 0 aliphatic heterocycles. The normalized spacial score (nSPS) is 10.5. The van der Waals surface area contributed by atoms with Crippen molar-refractivity contribution in [2.45, 2.75) is 26.5 Å². The van der Waals surface area contributed by atoms with Crippen LogP contribution in [-0.4, -0.2) is 10.9 Å². The van der Waals surface area contributed by atoms with Gasteiger partial charge >= 0.3 is 0 Å². The molecule has 0 radical (unpaired) electrons. The van der Waals surface area contributed by atoms with E-state index >= 15 is 0 Å². The summed E-state index contributed by atoms with van der Waals surface area (Å²) in [6.45, 7) is 2.84. The molecule has 1 aromatic heterocycles. The minimum atomic E-state index is -0.0822. The van der Waals surface area contributed by atoms with Gasteiger partial charge in [-0.25, -0.2) is 4.98 Å². The zero-order valence-electron chi connectivity index (χ0n) is 14.4. The molecule has 26 heavy (non-hydrogen) atoms. The summed E-state index contributed by atoms with van der Waals surface area (Å²) in [5.74, 6) is 0.728. The summed E-state index contributed by atoms with van der Waals surface area (Å²) in [6, 6.07) is 15.4. The van der Waals surface area contributed by atoms with Gasteiger partial charge in [0, 0.05) is 16.9 Å². The van der Waals surface area contributed by atoms with E-state index in [0.717, 1.165) is 22.0 Å². The van der Waals surface area contributed by atoms with Gasteiger partial charge in [0.25, 0.3) is 0 Å². The van der Waals surface area contributed by atoms with E-state index in [9.17, 15) is 4.79 Å². The molecule has 0 fully saturated rings. The molecule has 0 saturated heterocycles. The van der Waals surface area contributed by atoms with Crippen LogP contribution in [0.3, 0.4) is 0 Å². The van der Waals surface area contributed by atoms with Crippen molar-refractivity contribution in [1.82, 2.24) is 10.3 Å². The van der Waals surface area contributed by atoms with Crippen LogP contribution in [0.2, 0.25) is 5.02 Å². The lowest BCUT2D eigenvalue weighted by Crippen LogP contribution is -2.24. The van der Waals surface area contributed by atoms with Crippen LogP contribution < -0.4 is 10.1 Å². The van der Waals surface area contributed by atoms with Gasteiger partial charge < -0.3 is 10.1 Å². The fourth-order valence-corrected chi connectivity index (χ4v) is 3.25. The van der Waals surface area contributed by atoms with E-state index in [4.69, 9.17) is 16.3 Å². The Bertz CT molecular complexity index is 878. The van der Waals surface area contributed by atoms with E-state index < -0.39 is 0 Å². The molecule has 3 rings (SSSR count). The summed E-state index contributed by atoms with van der Waals surface area (Å²) in [7, 11) is 0. The molecule has 2 aromatic carbocycles. The number of aromatic nitrogens is 1. The highest BCUT2D eigenvalue weighted by Crippen LogP contribution is 2.17. The number of hydrogen-bond acceptors (Lipinski definition) is 4. The van der Waals surface area contributed by atoms with Gasteiger partial charge in [0.1, 0.15) is 17.4 Å². The summed E-state index contributed by atoms with van der Waals surface area (Å²) >= 11 is 7.58. The Morgan fingerprint density at radius 1 is 1.19 bits per heavy atom. The number of carbonyl (C=O) groups excluding carboxylic acids is 1. The maximum atomic E-state index is 12.1. The molecule has 4 nitrogen and oxygen atoms in total. The van der Waals surface area contributed by atoms with Gasteiger partial charge in [0.2, 0.25) is 5.91 Å². The van der Waals surface area contributed by atoms with Crippen LogP contribution in [0.25, 0.3) is 0 Å². The number of amides is 1. The fourth-order valence-electron chi connectivity index (χ4n) is 2.34. The number of rotatable bonds is 7. The Morgan fingerprint density at radius 2 is 1.96 bits per heavy atom. The van der Waals surface area contributed by atoms with Crippen molar-refractivity contribution in [2.75, 3.05) is 0 Å². The van der Waals surface area contributed by atoms with Crippen LogP contribution in [0.15, 0.2) is 53.9 Å². The van der Waals surface area contributed by atoms with Crippen molar-refractivity contribution in [2.24, 2.45) is 0 Å². The van der Waals surface area contributed by atoms with Gasteiger partial charge in [-0.05, 0) is 30.7 Å². The second-order valence-electron chi connectivity index (χ2n) is 5.88. The summed E-state index contributed by atoms with van der Waals surface area (Å²) < 4.78 is 5.72. The first-order valence-corrected chi connectivity index (χ1v) is 9.49. The molecule has 1 N–H and O–H groups in total. The first-order valence-electron chi connectivity index (χ1n) is 8.23. The number of carbonyl (C=O) groups is 1. The Labute approximate surface area is 161 Å². The molecule has 134 valence electrons. The van der Waals surface area contributed by atoms with Crippen molar-refractivity contribution in [1.29, 1.82) is 0 Å². The van der Waals surface area contributed by atoms with Crippen molar-refractivity contribution in [3.63, 3.8) is 0 Å². The number of hydrogen-bond donors (Lipinski definition) is 1. The maximum Gasteiger partial charge on any atom is 0.226 e. The first kappa shape index (κ1) is 18.4. The number of nitrogens with one attached hydrogen (secondary N) is 1. The first-order chi connectivity index (χ1) is 12.6. The summed E-state index contributed by atoms with van der Waals surface area (Å²) in [5.41, 5.74) is 2.83. The Hall–Kier alpha value is -2.37. The van der Waals surface area contributed by atoms with Crippen molar-refractivity contribution >= 4 is 28.8 Å². The largest absolute Gasteiger partial charge is 0.486 e. The second kappa shape index (κ2) is 8.83. The van der Waals surface area contributed by atoms with Crippen LogP contribution in [0.5, 0.6) is 5.75 Å². The highest BCUT2D eigenvalue weighted by Gasteiger charge is 2.09. The van der Waals surface area contributed by atoms with Crippen molar-refractivity contribution in [3.8, 4) is 5.75 Å². The van der Waals surface area contributed by atoms with E-state index in [0.29, 0.717) is 18.2 Å². The number of halogens is 1. The smallest absolute Gasteiger partial charge is 0.226 e. The summed E-state index contributed by atoms with van der Waals surface area (Å²) in [6.07, 6.45) is 0.242. The lowest BCUT2D eigenvalue weighted by molar-refractivity contribution is -0.120. The lowest BCUT2D eigenvalue weighted by atomic mass is 10.2. The molecular weight excluding hydrogens is 368 g/mol. The van der Waals surface area contributed by atoms with Crippen LogP contribution in [0, 0.1) is 6.92 Å². The monoisotopic (exact) mass is 386 g/mol.